The van der Waals surface area contributed by atoms with Crippen LogP contribution in [0.5, 0.6) is 23.0 Å². The van der Waals surface area contributed by atoms with Gasteiger partial charge in [-0.2, -0.15) is 0 Å². The van der Waals surface area contributed by atoms with Crippen molar-refractivity contribution in [3.05, 3.63) is 101 Å². The van der Waals surface area contributed by atoms with Crippen LogP contribution in [0.1, 0.15) is 37.5 Å². The minimum absolute atomic E-state index is 0.188. The molecule has 0 unspecified atom stereocenters. The molecule has 1 heterocycles. The summed E-state index contributed by atoms with van der Waals surface area (Å²) in [5, 5.41) is 3.63. The van der Waals surface area contributed by atoms with Crippen LogP contribution in [0.4, 0.5) is 10.1 Å². The molecule has 0 fully saturated rings. The number of methoxy groups -OCH3 is 2. The Morgan fingerprint density at radius 2 is 1.63 bits per heavy atom. The fourth-order valence-electron chi connectivity index (χ4n) is 5.18. The van der Waals surface area contributed by atoms with Crippen LogP contribution in [0.3, 0.4) is 0 Å². The van der Waals surface area contributed by atoms with E-state index in [-0.39, 0.29) is 18.0 Å². The van der Waals surface area contributed by atoms with Gasteiger partial charge < -0.3 is 23.7 Å². The Hall–Kier alpha value is -4.10. The van der Waals surface area contributed by atoms with Gasteiger partial charge in [-0.3, -0.25) is 0 Å². The Morgan fingerprint density at radius 3 is 2.41 bits per heavy atom. The number of benzene rings is 4. The molecule has 41 heavy (non-hydrogen) atoms. The molecule has 4 aromatic carbocycles. The first kappa shape index (κ1) is 28.4. The highest BCUT2D eigenvalue weighted by molar-refractivity contribution is 7.95. The number of rotatable bonds is 9. The van der Waals surface area contributed by atoms with Gasteiger partial charge in [-0.25, -0.2) is 4.39 Å². The first-order valence-corrected chi connectivity index (χ1v) is 14.1. The van der Waals surface area contributed by atoms with Crippen molar-refractivity contribution in [1.29, 1.82) is 0 Å². The molecule has 0 aromatic heterocycles. The lowest BCUT2D eigenvalue weighted by atomic mass is 9.85. The summed E-state index contributed by atoms with van der Waals surface area (Å²) in [4.78, 5) is 0.923. The molecule has 0 saturated heterocycles. The van der Waals surface area contributed by atoms with Crippen molar-refractivity contribution in [1.82, 2.24) is 0 Å². The van der Waals surface area contributed by atoms with E-state index in [1.165, 1.54) is 24.2 Å². The Balaban J connectivity index is 1.52. The third-order valence-electron chi connectivity index (χ3n) is 7.00. The molecule has 0 spiro atoms. The number of allylic oxidation sites excluding steroid dienone is 1. The summed E-state index contributed by atoms with van der Waals surface area (Å²) in [7, 11) is 3.29. The molecule has 7 heteroatoms. The minimum Gasteiger partial charge on any atom is -0.497 e. The van der Waals surface area contributed by atoms with Gasteiger partial charge in [0.1, 0.15) is 35.4 Å². The van der Waals surface area contributed by atoms with Crippen LogP contribution in [0.15, 0.2) is 83.8 Å². The summed E-state index contributed by atoms with van der Waals surface area (Å²) in [6, 6.07) is 22.3. The molecule has 5 rings (SSSR count). The molecule has 0 atom stereocenters. The third-order valence-corrected chi connectivity index (χ3v) is 7.72. The van der Waals surface area contributed by atoms with Gasteiger partial charge >= 0.3 is 0 Å². The number of hydrogen-bond acceptors (Lipinski definition) is 6. The second kappa shape index (κ2) is 11.8. The van der Waals surface area contributed by atoms with E-state index < -0.39 is 0 Å². The molecule has 4 aromatic rings. The average molecular weight is 572 g/mol. The van der Waals surface area contributed by atoms with Crippen molar-refractivity contribution < 1.29 is 22.8 Å². The van der Waals surface area contributed by atoms with E-state index in [0.29, 0.717) is 17.2 Å². The lowest BCUT2D eigenvalue weighted by molar-refractivity contribution is 0.302. The molecule has 0 radical (unpaired) electrons. The molecule has 212 valence electrons. The fourth-order valence-corrected chi connectivity index (χ4v) is 5.77. The van der Waals surface area contributed by atoms with E-state index >= 15 is 0 Å². The zero-order chi connectivity index (χ0) is 29.1. The van der Waals surface area contributed by atoms with Gasteiger partial charge in [-0.05, 0) is 86.9 Å². The van der Waals surface area contributed by atoms with Crippen molar-refractivity contribution in [3.8, 4) is 34.1 Å². The molecule has 0 bridgehead atoms. The lowest BCUT2D eigenvalue weighted by Crippen LogP contribution is -2.32. The van der Waals surface area contributed by atoms with E-state index in [0.717, 1.165) is 49.7 Å². The number of fused-ring (bicyclic) bond motifs is 1. The predicted molar refractivity (Wildman–Crippen MR) is 165 cm³/mol. The van der Waals surface area contributed by atoms with Gasteiger partial charge in [0.25, 0.3) is 0 Å². The topological polar surface area (TPSA) is 49.0 Å². The molecule has 1 N–H and O–H groups in total. The second-order valence-electron chi connectivity index (χ2n) is 10.6. The van der Waals surface area contributed by atoms with Crippen LogP contribution >= 0.6 is 12.0 Å². The van der Waals surface area contributed by atoms with Gasteiger partial charge in [0.2, 0.25) is 0 Å². The number of aryl methyl sites for hydroxylation is 1. The van der Waals surface area contributed by atoms with Crippen LogP contribution < -0.4 is 23.7 Å². The average Bonchev–Trinajstić information content (AvgIpc) is 2.95. The number of ether oxygens (including phenoxy) is 3. The molecule has 1 aliphatic heterocycles. The predicted octanol–water partition coefficient (Wildman–Crippen LogP) is 9.09. The summed E-state index contributed by atoms with van der Waals surface area (Å²) in [5.74, 6) is 2.28. The second-order valence-corrected chi connectivity index (χ2v) is 11.4. The Kier molecular flexibility index (Phi) is 8.18. The van der Waals surface area contributed by atoms with Gasteiger partial charge in [0.05, 0.1) is 36.7 Å². The van der Waals surface area contributed by atoms with Gasteiger partial charge in [-0.1, -0.05) is 24.3 Å². The SMILES string of the molecule is COc1cccc(SOc2ccc(-c3ccc4c(c3COc3cc(F)ccc3C)C(C)=CC(C)(C)N4)c(OC)c2)c1. The maximum absolute atomic E-state index is 14.0. The summed E-state index contributed by atoms with van der Waals surface area (Å²) in [6.45, 7) is 8.57. The van der Waals surface area contributed by atoms with Gasteiger partial charge in [0.15, 0.2) is 0 Å². The maximum Gasteiger partial charge on any atom is 0.141 e. The largest absolute Gasteiger partial charge is 0.497 e. The summed E-state index contributed by atoms with van der Waals surface area (Å²) in [5.41, 5.74) is 6.80. The monoisotopic (exact) mass is 571 g/mol. The van der Waals surface area contributed by atoms with Crippen LogP contribution in [0.25, 0.3) is 16.7 Å². The molecule has 1 aliphatic rings. The molecular formula is C34H34FNO4S. The summed E-state index contributed by atoms with van der Waals surface area (Å²) >= 11 is 1.25. The zero-order valence-corrected chi connectivity index (χ0v) is 24.9. The highest BCUT2D eigenvalue weighted by atomic mass is 32.2. The van der Waals surface area contributed by atoms with Crippen LogP contribution in [-0.4, -0.2) is 19.8 Å². The normalized spacial score (nSPS) is 13.5. The van der Waals surface area contributed by atoms with E-state index in [1.54, 1.807) is 20.3 Å². The number of nitrogens with one attached hydrogen (secondary N) is 1. The van der Waals surface area contributed by atoms with Crippen molar-refractivity contribution in [2.24, 2.45) is 0 Å². The molecule has 0 amide bonds. The number of hydrogen-bond donors (Lipinski definition) is 1. The van der Waals surface area contributed by atoms with Crippen molar-refractivity contribution >= 4 is 23.3 Å². The van der Waals surface area contributed by atoms with E-state index in [9.17, 15) is 4.39 Å². The van der Waals surface area contributed by atoms with E-state index in [2.05, 4.69) is 44.3 Å². The summed E-state index contributed by atoms with van der Waals surface area (Å²) in [6.07, 6.45) is 2.22. The molecular weight excluding hydrogens is 537 g/mol. The smallest absolute Gasteiger partial charge is 0.141 e. The highest BCUT2D eigenvalue weighted by Crippen LogP contribution is 2.44. The van der Waals surface area contributed by atoms with Crippen LogP contribution in [0.2, 0.25) is 0 Å². The zero-order valence-electron chi connectivity index (χ0n) is 24.1. The number of halogens is 1. The maximum atomic E-state index is 14.0. The fraction of sp³-hybridized carbons (Fsp3) is 0.235. The minimum atomic E-state index is -0.329. The van der Waals surface area contributed by atoms with Crippen LogP contribution in [-0.2, 0) is 6.61 Å². The quantitative estimate of drug-likeness (QED) is 0.202. The first-order chi connectivity index (χ1) is 19.7. The van der Waals surface area contributed by atoms with E-state index in [4.69, 9.17) is 18.4 Å². The number of anilines is 1. The molecule has 5 nitrogen and oxygen atoms in total. The van der Waals surface area contributed by atoms with Gasteiger partial charge in [-0.15, -0.1) is 0 Å². The molecule has 0 saturated carbocycles. The highest BCUT2D eigenvalue weighted by Gasteiger charge is 2.27. The van der Waals surface area contributed by atoms with Crippen molar-refractivity contribution in [3.63, 3.8) is 0 Å². The standard InChI is InChI=1S/C34H34FNO4S/c1-21-10-11-23(35)16-31(21)39-20-29-27(14-15-30-33(29)22(2)19-34(3,4)36-30)28-13-12-25(18-32(28)38-6)40-41-26-9-7-8-24(17-26)37-5/h7-19,36H,20H2,1-6H3. The third kappa shape index (κ3) is 6.30. The Bertz CT molecular complexity index is 1610. The Morgan fingerprint density at radius 1 is 0.829 bits per heavy atom. The lowest BCUT2D eigenvalue weighted by Gasteiger charge is -2.33. The first-order valence-electron chi connectivity index (χ1n) is 13.4. The van der Waals surface area contributed by atoms with Crippen molar-refractivity contribution in [2.45, 2.75) is 44.7 Å². The Labute approximate surface area is 245 Å². The van der Waals surface area contributed by atoms with E-state index in [1.807, 2.05) is 49.4 Å². The van der Waals surface area contributed by atoms with Crippen molar-refractivity contribution in [2.75, 3.05) is 19.5 Å². The molecule has 0 aliphatic carbocycles. The van der Waals surface area contributed by atoms with Crippen LogP contribution in [0, 0.1) is 12.7 Å². The van der Waals surface area contributed by atoms with Gasteiger partial charge in [0, 0.05) is 34.5 Å². The summed E-state index contributed by atoms with van der Waals surface area (Å²) < 4.78 is 37.5.